The van der Waals surface area contributed by atoms with E-state index in [9.17, 15) is 0 Å². The van der Waals surface area contributed by atoms with E-state index in [4.69, 9.17) is 23.2 Å². The van der Waals surface area contributed by atoms with Crippen LogP contribution in [0.3, 0.4) is 0 Å². The van der Waals surface area contributed by atoms with Crippen molar-refractivity contribution < 1.29 is 0 Å². The molecule has 1 unspecified atom stereocenters. The van der Waals surface area contributed by atoms with Crippen LogP contribution in [-0.2, 0) is 0 Å². The van der Waals surface area contributed by atoms with Gasteiger partial charge in [0.05, 0.1) is 6.04 Å². The molecule has 0 radical (unpaired) electrons. The second-order valence-corrected chi connectivity index (χ2v) is 4.90. The molecule has 1 atom stereocenters. The zero-order valence-electron chi connectivity index (χ0n) is 9.32. The van der Waals surface area contributed by atoms with Gasteiger partial charge in [-0.3, -0.25) is 4.90 Å². The largest absolute Gasteiger partial charge is 0.303 e. The van der Waals surface area contributed by atoms with Crippen molar-refractivity contribution in [1.29, 1.82) is 0 Å². The summed E-state index contributed by atoms with van der Waals surface area (Å²) in [7, 11) is 4.15. The summed E-state index contributed by atoms with van der Waals surface area (Å²) in [6, 6.07) is 1.72. The molecule has 4 nitrogen and oxygen atoms in total. The zero-order chi connectivity index (χ0) is 11.7. The van der Waals surface area contributed by atoms with Crippen LogP contribution in [0.1, 0.15) is 11.9 Å². The Balaban J connectivity index is 2.27. The Morgan fingerprint density at radius 3 is 2.44 bits per heavy atom. The number of nitrogens with zero attached hydrogens (tertiary/aromatic N) is 4. The van der Waals surface area contributed by atoms with Gasteiger partial charge in [-0.25, -0.2) is 9.97 Å². The summed E-state index contributed by atoms with van der Waals surface area (Å²) in [6.45, 7) is 2.95. The molecule has 16 heavy (non-hydrogen) atoms. The van der Waals surface area contributed by atoms with Crippen LogP contribution in [0.15, 0.2) is 6.07 Å². The van der Waals surface area contributed by atoms with E-state index >= 15 is 0 Å². The minimum absolute atomic E-state index is 0.162. The van der Waals surface area contributed by atoms with Gasteiger partial charge in [-0.05, 0) is 14.1 Å². The maximum absolute atomic E-state index is 5.89. The van der Waals surface area contributed by atoms with Crippen molar-refractivity contribution in [2.45, 2.75) is 6.04 Å². The fraction of sp³-hybridized carbons (Fsp3) is 0.600. The summed E-state index contributed by atoms with van der Waals surface area (Å²) >= 11 is 11.8. The van der Waals surface area contributed by atoms with Gasteiger partial charge in [-0.2, -0.15) is 0 Å². The molecule has 1 aromatic heterocycles. The van der Waals surface area contributed by atoms with Crippen molar-refractivity contribution in [3.63, 3.8) is 0 Å². The topological polar surface area (TPSA) is 32.3 Å². The van der Waals surface area contributed by atoms with Crippen LogP contribution < -0.4 is 0 Å². The van der Waals surface area contributed by atoms with Gasteiger partial charge in [0.1, 0.15) is 16.1 Å². The Kier molecular flexibility index (Phi) is 3.64. The molecular weight excluding hydrogens is 247 g/mol. The van der Waals surface area contributed by atoms with Gasteiger partial charge in [0.25, 0.3) is 0 Å². The van der Waals surface area contributed by atoms with Gasteiger partial charge in [0.15, 0.2) is 0 Å². The fourth-order valence-corrected chi connectivity index (χ4v) is 2.28. The molecule has 6 heteroatoms. The van der Waals surface area contributed by atoms with Crippen LogP contribution in [0.25, 0.3) is 0 Å². The van der Waals surface area contributed by atoms with E-state index < -0.39 is 0 Å². The third kappa shape index (κ3) is 2.63. The number of piperazine rings is 1. The second kappa shape index (κ2) is 4.84. The Morgan fingerprint density at radius 2 is 1.81 bits per heavy atom. The van der Waals surface area contributed by atoms with Gasteiger partial charge in [0.2, 0.25) is 0 Å². The third-order valence-electron chi connectivity index (χ3n) is 2.83. The first-order valence-corrected chi connectivity index (χ1v) is 5.90. The van der Waals surface area contributed by atoms with Crippen LogP contribution in [-0.4, -0.2) is 53.5 Å². The van der Waals surface area contributed by atoms with Gasteiger partial charge >= 0.3 is 0 Å². The van der Waals surface area contributed by atoms with Crippen molar-refractivity contribution in [1.82, 2.24) is 19.8 Å². The molecule has 0 N–H and O–H groups in total. The molecule has 1 aromatic rings. The number of halogens is 2. The molecule has 0 aromatic carbocycles. The number of hydrogen-bond acceptors (Lipinski definition) is 4. The van der Waals surface area contributed by atoms with Crippen LogP contribution in [0.5, 0.6) is 0 Å². The second-order valence-electron chi connectivity index (χ2n) is 4.13. The Bertz CT molecular complexity index is 365. The fourth-order valence-electron chi connectivity index (χ4n) is 1.84. The molecule has 1 aliphatic heterocycles. The van der Waals surface area contributed by atoms with E-state index in [0.717, 1.165) is 19.6 Å². The highest BCUT2D eigenvalue weighted by Gasteiger charge is 2.26. The smallest absolute Gasteiger partial charge is 0.150 e. The molecule has 0 aliphatic carbocycles. The first kappa shape index (κ1) is 12.0. The van der Waals surface area contributed by atoms with Crippen molar-refractivity contribution in [2.75, 3.05) is 33.7 Å². The molecule has 88 valence electrons. The number of rotatable bonds is 1. The maximum atomic E-state index is 5.89. The first-order chi connectivity index (χ1) is 7.56. The SMILES string of the molecule is CN1CCN(C)C(c2nc(Cl)cc(Cl)n2)C1. The lowest BCUT2D eigenvalue weighted by atomic mass is 10.2. The lowest BCUT2D eigenvalue weighted by molar-refractivity contribution is 0.109. The minimum atomic E-state index is 0.162. The van der Waals surface area contributed by atoms with Crippen molar-refractivity contribution in [3.8, 4) is 0 Å². The van der Waals surface area contributed by atoms with Gasteiger partial charge in [-0.15, -0.1) is 0 Å². The highest BCUT2D eigenvalue weighted by Crippen LogP contribution is 2.23. The van der Waals surface area contributed by atoms with Crippen molar-refractivity contribution >= 4 is 23.2 Å². The van der Waals surface area contributed by atoms with Crippen LogP contribution in [0.2, 0.25) is 10.3 Å². The average Bonchev–Trinajstić information content (AvgIpc) is 2.20. The number of hydrogen-bond donors (Lipinski definition) is 0. The monoisotopic (exact) mass is 260 g/mol. The molecule has 1 fully saturated rings. The molecule has 0 saturated carbocycles. The van der Waals surface area contributed by atoms with Crippen LogP contribution >= 0.6 is 23.2 Å². The highest BCUT2D eigenvalue weighted by molar-refractivity contribution is 6.33. The average molecular weight is 261 g/mol. The van der Waals surface area contributed by atoms with E-state index in [-0.39, 0.29) is 6.04 Å². The standard InChI is InChI=1S/C10H14Cl2N4/c1-15-3-4-16(2)7(6-15)10-13-8(11)5-9(12)14-10/h5,7H,3-4,6H2,1-2H3. The first-order valence-electron chi connectivity index (χ1n) is 5.15. The molecule has 0 bridgehead atoms. The summed E-state index contributed by atoms with van der Waals surface area (Å²) in [5.74, 6) is 0.701. The maximum Gasteiger partial charge on any atom is 0.150 e. The molecule has 1 saturated heterocycles. The Hall–Kier alpha value is -0.420. The van der Waals surface area contributed by atoms with E-state index in [1.54, 1.807) is 6.07 Å². The predicted octanol–water partition coefficient (Wildman–Crippen LogP) is 1.70. The van der Waals surface area contributed by atoms with Gasteiger partial charge in [-0.1, -0.05) is 23.2 Å². The predicted molar refractivity (Wildman–Crippen MR) is 64.9 cm³/mol. The molecule has 2 rings (SSSR count). The lowest BCUT2D eigenvalue weighted by Crippen LogP contribution is -2.45. The quantitative estimate of drug-likeness (QED) is 0.720. The summed E-state index contributed by atoms with van der Waals surface area (Å²) in [5, 5.41) is 0.799. The molecule has 0 spiro atoms. The summed E-state index contributed by atoms with van der Waals surface area (Å²) in [5.41, 5.74) is 0. The highest BCUT2D eigenvalue weighted by atomic mass is 35.5. The Morgan fingerprint density at radius 1 is 1.19 bits per heavy atom. The minimum Gasteiger partial charge on any atom is -0.303 e. The molecule has 1 aliphatic rings. The Labute approximate surface area is 105 Å². The summed E-state index contributed by atoms with van der Waals surface area (Å²) in [4.78, 5) is 13.0. The normalized spacial score (nSPS) is 23.6. The van der Waals surface area contributed by atoms with E-state index in [1.807, 2.05) is 0 Å². The number of likely N-dealkylation sites (N-methyl/N-ethyl adjacent to an activating group) is 2. The summed E-state index contributed by atoms with van der Waals surface area (Å²) < 4.78 is 0. The van der Waals surface area contributed by atoms with E-state index in [2.05, 4.69) is 33.9 Å². The van der Waals surface area contributed by atoms with Crippen molar-refractivity contribution in [2.24, 2.45) is 0 Å². The third-order valence-corrected chi connectivity index (χ3v) is 3.22. The van der Waals surface area contributed by atoms with Crippen LogP contribution in [0, 0.1) is 0 Å². The number of aromatic nitrogens is 2. The molecule has 2 heterocycles. The van der Waals surface area contributed by atoms with Gasteiger partial charge < -0.3 is 4.90 Å². The van der Waals surface area contributed by atoms with Gasteiger partial charge in [0, 0.05) is 25.7 Å². The van der Waals surface area contributed by atoms with E-state index in [1.165, 1.54) is 0 Å². The molecule has 0 amide bonds. The van der Waals surface area contributed by atoms with E-state index in [0.29, 0.717) is 16.1 Å². The van der Waals surface area contributed by atoms with Crippen LogP contribution in [0.4, 0.5) is 0 Å². The lowest BCUT2D eigenvalue weighted by Gasteiger charge is -2.36. The molecular formula is C10H14Cl2N4. The summed E-state index contributed by atoms with van der Waals surface area (Å²) in [6.07, 6.45) is 0. The zero-order valence-corrected chi connectivity index (χ0v) is 10.8. The van der Waals surface area contributed by atoms with Crippen molar-refractivity contribution in [3.05, 3.63) is 22.2 Å².